The Balaban J connectivity index is 1.04. The Bertz CT molecular complexity index is 3750. The Labute approximate surface area is 371 Å². The summed E-state index contributed by atoms with van der Waals surface area (Å²) in [4.78, 5) is 2.53. The molecule has 4 aliphatic rings. The van der Waals surface area contributed by atoms with Crippen molar-refractivity contribution < 1.29 is 0 Å². The molecule has 2 spiro atoms. The lowest BCUT2D eigenvalue weighted by molar-refractivity contribution is 0.748. The lowest BCUT2D eigenvalue weighted by atomic mass is 9.65. The molecule has 11 aromatic rings. The summed E-state index contributed by atoms with van der Waals surface area (Å²) < 4.78 is 2.53. The van der Waals surface area contributed by atoms with Gasteiger partial charge < -0.3 is 9.47 Å². The van der Waals surface area contributed by atoms with Gasteiger partial charge in [0.2, 0.25) is 0 Å². The summed E-state index contributed by atoms with van der Waals surface area (Å²) in [5.41, 5.74) is 24.6. The molecule has 1 aromatic heterocycles. The lowest BCUT2D eigenvalue weighted by Gasteiger charge is -2.39. The van der Waals surface area contributed by atoms with Crippen LogP contribution in [0.5, 0.6) is 0 Å². The zero-order valence-electron chi connectivity index (χ0n) is 34.8. The molecule has 296 valence electrons. The molecule has 0 N–H and O–H groups in total. The van der Waals surface area contributed by atoms with Crippen molar-refractivity contribution in [2.75, 3.05) is 4.90 Å². The van der Waals surface area contributed by atoms with Crippen LogP contribution < -0.4 is 4.90 Å². The molecule has 1 atom stereocenters. The minimum atomic E-state index is -0.550. The number of aromatic nitrogens is 1. The second-order valence-electron chi connectivity index (χ2n) is 17.9. The van der Waals surface area contributed by atoms with E-state index in [1.807, 2.05) is 0 Å². The molecule has 0 radical (unpaired) electrons. The molecule has 2 heteroatoms. The van der Waals surface area contributed by atoms with Gasteiger partial charge in [0.15, 0.2) is 0 Å². The predicted molar refractivity (Wildman–Crippen MR) is 263 cm³/mol. The first-order valence-corrected chi connectivity index (χ1v) is 22.4. The zero-order chi connectivity index (χ0) is 41.7. The molecule has 2 heterocycles. The summed E-state index contributed by atoms with van der Waals surface area (Å²) in [7, 11) is 0. The van der Waals surface area contributed by atoms with Crippen LogP contribution >= 0.6 is 0 Å². The van der Waals surface area contributed by atoms with E-state index in [0.29, 0.717) is 0 Å². The highest BCUT2D eigenvalue weighted by atomic mass is 15.1. The Morgan fingerprint density at radius 2 is 0.812 bits per heavy atom. The fraction of sp³-hybridized carbons (Fsp3) is 0.0323. The maximum Gasteiger partial charge on any atom is 0.0755 e. The van der Waals surface area contributed by atoms with Crippen LogP contribution in [0.25, 0.3) is 60.9 Å². The van der Waals surface area contributed by atoms with Gasteiger partial charge in [-0.05, 0) is 115 Å². The van der Waals surface area contributed by atoms with E-state index < -0.39 is 10.8 Å². The Kier molecular flexibility index (Phi) is 6.58. The van der Waals surface area contributed by atoms with E-state index in [2.05, 4.69) is 240 Å². The van der Waals surface area contributed by atoms with Crippen LogP contribution in [0, 0.1) is 0 Å². The SMILES string of the molecule is c1ccc(N(c2ccc3c(c2)C2(c4ccccc4-c4ccccc42)c2ccccc2-3)c2cccc3c2-c2ccccc2C32c3ccccc3-n3c4ccccc4c4cccc2c43)cc1. The second-order valence-corrected chi connectivity index (χ2v) is 17.9. The van der Waals surface area contributed by atoms with Crippen LogP contribution in [0.15, 0.2) is 231 Å². The maximum atomic E-state index is 2.53. The van der Waals surface area contributed by atoms with Crippen molar-refractivity contribution in [2.24, 2.45) is 0 Å². The minimum absolute atomic E-state index is 0.449. The summed E-state index contributed by atoms with van der Waals surface area (Å²) >= 11 is 0. The third-order valence-electron chi connectivity index (χ3n) is 15.2. The third-order valence-corrected chi connectivity index (χ3v) is 15.2. The van der Waals surface area contributed by atoms with Gasteiger partial charge in [0.05, 0.1) is 33.2 Å². The first-order chi connectivity index (χ1) is 31.8. The third kappa shape index (κ3) is 3.95. The van der Waals surface area contributed by atoms with Gasteiger partial charge in [0.1, 0.15) is 0 Å². The highest BCUT2D eigenvalue weighted by Crippen LogP contribution is 2.65. The van der Waals surface area contributed by atoms with Crippen molar-refractivity contribution >= 4 is 38.9 Å². The van der Waals surface area contributed by atoms with Gasteiger partial charge in [-0.25, -0.2) is 0 Å². The number of hydrogen-bond acceptors (Lipinski definition) is 1. The monoisotopic (exact) mass is 810 g/mol. The van der Waals surface area contributed by atoms with Crippen LogP contribution in [0.2, 0.25) is 0 Å². The van der Waals surface area contributed by atoms with Crippen LogP contribution in [0.1, 0.15) is 44.5 Å². The summed E-state index contributed by atoms with van der Waals surface area (Å²) in [5.74, 6) is 0. The molecular formula is C62H38N2. The molecule has 1 aliphatic heterocycles. The maximum absolute atomic E-state index is 2.53. The van der Waals surface area contributed by atoms with E-state index in [0.717, 1.165) is 11.4 Å². The van der Waals surface area contributed by atoms with E-state index in [1.54, 1.807) is 0 Å². The molecule has 64 heavy (non-hydrogen) atoms. The molecule has 15 rings (SSSR count). The first-order valence-electron chi connectivity index (χ1n) is 22.4. The van der Waals surface area contributed by atoms with Crippen molar-refractivity contribution in [1.82, 2.24) is 4.57 Å². The fourth-order valence-electron chi connectivity index (χ4n) is 13.0. The van der Waals surface area contributed by atoms with Crippen molar-refractivity contribution in [3.63, 3.8) is 0 Å². The normalized spacial score (nSPS) is 16.0. The molecule has 0 fully saturated rings. The zero-order valence-corrected chi connectivity index (χ0v) is 34.8. The molecular weight excluding hydrogens is 773 g/mol. The average molecular weight is 811 g/mol. The molecule has 0 saturated carbocycles. The van der Waals surface area contributed by atoms with Crippen LogP contribution in [0.3, 0.4) is 0 Å². The van der Waals surface area contributed by atoms with Gasteiger partial charge in [0, 0.05) is 27.7 Å². The van der Waals surface area contributed by atoms with Gasteiger partial charge in [-0.3, -0.25) is 0 Å². The summed E-state index contributed by atoms with van der Waals surface area (Å²) in [6.07, 6.45) is 0. The number of anilines is 3. The summed E-state index contributed by atoms with van der Waals surface area (Å²) in [6, 6.07) is 86.9. The van der Waals surface area contributed by atoms with Gasteiger partial charge in [0.25, 0.3) is 0 Å². The molecule has 1 unspecified atom stereocenters. The van der Waals surface area contributed by atoms with Gasteiger partial charge in [-0.1, -0.05) is 188 Å². The first kappa shape index (κ1) is 34.4. The van der Waals surface area contributed by atoms with Crippen molar-refractivity contribution in [2.45, 2.75) is 10.8 Å². The Hall–Kier alpha value is -8.20. The number of hydrogen-bond donors (Lipinski definition) is 0. The van der Waals surface area contributed by atoms with E-state index in [4.69, 9.17) is 0 Å². The second kappa shape index (κ2) is 12.2. The molecule has 3 aliphatic carbocycles. The molecule has 0 saturated heterocycles. The van der Waals surface area contributed by atoms with Gasteiger partial charge in [-0.2, -0.15) is 0 Å². The van der Waals surface area contributed by atoms with Crippen LogP contribution in [0.4, 0.5) is 17.1 Å². The lowest BCUT2D eigenvalue weighted by Crippen LogP contribution is -2.33. The summed E-state index contributed by atoms with van der Waals surface area (Å²) in [5, 5.41) is 2.57. The molecule has 2 nitrogen and oxygen atoms in total. The minimum Gasteiger partial charge on any atom is -0.310 e. The smallest absolute Gasteiger partial charge is 0.0755 e. The van der Waals surface area contributed by atoms with Crippen molar-refractivity contribution in [3.05, 3.63) is 275 Å². The number of nitrogens with zero attached hydrogens (tertiary/aromatic N) is 2. The van der Waals surface area contributed by atoms with Gasteiger partial charge >= 0.3 is 0 Å². The average Bonchev–Trinajstić information content (AvgIpc) is 4.06. The van der Waals surface area contributed by atoms with Gasteiger partial charge in [-0.15, -0.1) is 0 Å². The Morgan fingerprint density at radius 3 is 1.53 bits per heavy atom. The van der Waals surface area contributed by atoms with E-state index in [1.165, 1.54) is 111 Å². The van der Waals surface area contributed by atoms with Crippen molar-refractivity contribution in [1.29, 1.82) is 0 Å². The summed E-state index contributed by atoms with van der Waals surface area (Å²) in [6.45, 7) is 0. The highest BCUT2D eigenvalue weighted by Gasteiger charge is 2.53. The van der Waals surface area contributed by atoms with Crippen LogP contribution in [-0.2, 0) is 10.8 Å². The van der Waals surface area contributed by atoms with Crippen LogP contribution in [-0.4, -0.2) is 4.57 Å². The topological polar surface area (TPSA) is 8.17 Å². The van der Waals surface area contributed by atoms with Crippen molar-refractivity contribution in [3.8, 4) is 39.1 Å². The molecule has 0 bridgehead atoms. The number of para-hydroxylation sites is 4. The number of fused-ring (bicyclic) bond motifs is 22. The number of rotatable bonds is 3. The highest BCUT2D eigenvalue weighted by molar-refractivity contribution is 6.13. The molecule has 0 amide bonds. The fourth-order valence-corrected chi connectivity index (χ4v) is 13.0. The predicted octanol–water partition coefficient (Wildman–Crippen LogP) is 15.3. The van der Waals surface area contributed by atoms with E-state index in [-0.39, 0.29) is 0 Å². The largest absolute Gasteiger partial charge is 0.310 e. The molecule has 10 aromatic carbocycles. The van der Waals surface area contributed by atoms with E-state index in [9.17, 15) is 0 Å². The Morgan fingerprint density at radius 1 is 0.312 bits per heavy atom. The number of benzene rings is 10. The van der Waals surface area contributed by atoms with E-state index >= 15 is 0 Å². The standard InChI is InChI=1S/C62H38N2/c1-2-18-39(19-3-1)63(40-36-37-44-43-22-6-11-28-50(43)61(55(44)38-40)48-26-9-4-20-41(48)42-21-5-10-27-49(42)61)58-35-17-31-53-59(58)47-24-7-12-29-51(47)62(53)52-30-13-15-34-57(52)64-56-33-14-8-23-45(56)46-25-16-32-54(62)60(46)64/h1-38H. The quantitative estimate of drug-likeness (QED) is 0.173.